The van der Waals surface area contributed by atoms with Gasteiger partial charge in [0.1, 0.15) is 0 Å². The smallest absolute Gasteiger partial charge is 0.0682 e. The molecule has 0 amide bonds. The summed E-state index contributed by atoms with van der Waals surface area (Å²) in [6.07, 6.45) is 12.6. The first-order valence-corrected chi connectivity index (χ1v) is 8.14. The molecule has 1 aromatic heterocycles. The van der Waals surface area contributed by atoms with E-state index in [2.05, 4.69) is 22.0 Å². The molecule has 1 aromatic rings. The summed E-state index contributed by atoms with van der Waals surface area (Å²) in [5.41, 5.74) is 1.35. The summed E-state index contributed by atoms with van der Waals surface area (Å²) in [5.74, 6) is 0.818. The third-order valence-corrected chi connectivity index (χ3v) is 5.06. The van der Waals surface area contributed by atoms with E-state index in [1.54, 1.807) is 0 Å². The van der Waals surface area contributed by atoms with Crippen molar-refractivity contribution in [3.05, 3.63) is 30.1 Å². The Bertz CT molecular complexity index is 403. The Morgan fingerprint density at radius 1 is 1.15 bits per heavy atom. The monoisotopic (exact) mass is 274 g/mol. The normalized spacial score (nSPS) is 28.9. The molecule has 2 fully saturated rings. The highest BCUT2D eigenvalue weighted by Crippen LogP contribution is 2.34. The number of nitrogens with zero attached hydrogens (tertiary/aromatic N) is 2. The van der Waals surface area contributed by atoms with Gasteiger partial charge < -0.3 is 5.11 Å². The van der Waals surface area contributed by atoms with E-state index >= 15 is 0 Å². The van der Waals surface area contributed by atoms with Crippen LogP contribution in [-0.4, -0.2) is 40.2 Å². The molecular weight excluding hydrogens is 248 g/mol. The summed E-state index contributed by atoms with van der Waals surface area (Å²) in [6, 6.07) is 4.82. The lowest BCUT2D eigenvalue weighted by Gasteiger charge is -2.33. The second-order valence-corrected chi connectivity index (χ2v) is 6.46. The number of aliphatic hydroxyl groups excluding tert-OH is 1. The highest BCUT2D eigenvalue weighted by molar-refractivity contribution is 5.10. The molecule has 2 aliphatic rings. The van der Waals surface area contributed by atoms with E-state index in [9.17, 15) is 5.11 Å². The zero-order valence-electron chi connectivity index (χ0n) is 12.2. The molecule has 20 heavy (non-hydrogen) atoms. The highest BCUT2D eigenvalue weighted by atomic mass is 16.3. The number of pyridine rings is 1. The lowest BCUT2D eigenvalue weighted by atomic mass is 9.82. The van der Waals surface area contributed by atoms with Crippen LogP contribution in [0.5, 0.6) is 0 Å². The number of aromatic nitrogens is 1. The van der Waals surface area contributed by atoms with Crippen LogP contribution in [0.3, 0.4) is 0 Å². The van der Waals surface area contributed by atoms with Crippen molar-refractivity contribution in [3.63, 3.8) is 0 Å². The maximum atomic E-state index is 10.0. The Kier molecular flexibility index (Phi) is 4.69. The van der Waals surface area contributed by atoms with Crippen molar-refractivity contribution in [1.29, 1.82) is 0 Å². The van der Waals surface area contributed by atoms with Gasteiger partial charge in [-0.3, -0.25) is 9.88 Å². The summed E-state index contributed by atoms with van der Waals surface area (Å²) in [4.78, 5) is 6.61. The zero-order chi connectivity index (χ0) is 13.8. The van der Waals surface area contributed by atoms with E-state index in [1.807, 2.05) is 12.4 Å². The van der Waals surface area contributed by atoms with Crippen LogP contribution < -0.4 is 0 Å². The van der Waals surface area contributed by atoms with Gasteiger partial charge in [-0.2, -0.15) is 0 Å². The summed E-state index contributed by atoms with van der Waals surface area (Å²) >= 11 is 0. The van der Waals surface area contributed by atoms with E-state index < -0.39 is 0 Å². The van der Waals surface area contributed by atoms with Crippen LogP contribution in [0.1, 0.15) is 44.1 Å². The molecule has 1 aliphatic heterocycles. The van der Waals surface area contributed by atoms with Crippen molar-refractivity contribution in [2.24, 2.45) is 5.92 Å². The topological polar surface area (TPSA) is 36.4 Å². The van der Waals surface area contributed by atoms with Crippen LogP contribution in [0, 0.1) is 5.92 Å². The minimum absolute atomic E-state index is 0.112. The molecule has 2 heterocycles. The average molecular weight is 274 g/mol. The van der Waals surface area contributed by atoms with Gasteiger partial charge in [-0.1, -0.05) is 19.3 Å². The summed E-state index contributed by atoms with van der Waals surface area (Å²) in [6.45, 7) is 1.94. The Labute approximate surface area is 122 Å². The quantitative estimate of drug-likeness (QED) is 0.917. The predicted molar refractivity (Wildman–Crippen MR) is 80.5 cm³/mol. The summed E-state index contributed by atoms with van der Waals surface area (Å²) < 4.78 is 0. The van der Waals surface area contributed by atoms with Gasteiger partial charge in [0.15, 0.2) is 0 Å². The number of likely N-dealkylation sites (tertiary alicyclic amines) is 1. The molecule has 0 bridgehead atoms. The zero-order valence-corrected chi connectivity index (χ0v) is 12.2. The SMILES string of the molecule is O[C@H]1C[C@H](C2CCCCC2)N(CCc2ccncc2)C1. The summed E-state index contributed by atoms with van der Waals surface area (Å²) in [5, 5.41) is 10.0. The Hall–Kier alpha value is -0.930. The van der Waals surface area contributed by atoms with Crippen LogP contribution in [0.2, 0.25) is 0 Å². The maximum Gasteiger partial charge on any atom is 0.0682 e. The minimum atomic E-state index is -0.112. The maximum absolute atomic E-state index is 10.0. The van der Waals surface area contributed by atoms with E-state index in [0.717, 1.165) is 31.8 Å². The Morgan fingerprint density at radius 3 is 2.65 bits per heavy atom. The van der Waals surface area contributed by atoms with E-state index in [1.165, 1.54) is 37.7 Å². The van der Waals surface area contributed by atoms with Crippen LogP contribution >= 0.6 is 0 Å². The fourth-order valence-corrected chi connectivity index (χ4v) is 4.00. The second-order valence-electron chi connectivity index (χ2n) is 6.46. The number of hydrogen-bond acceptors (Lipinski definition) is 3. The first-order chi connectivity index (χ1) is 9.83. The van der Waals surface area contributed by atoms with Crippen molar-refractivity contribution >= 4 is 0 Å². The fourth-order valence-electron chi connectivity index (χ4n) is 4.00. The van der Waals surface area contributed by atoms with Gasteiger partial charge in [0.2, 0.25) is 0 Å². The molecule has 1 saturated heterocycles. The molecule has 3 rings (SSSR count). The van der Waals surface area contributed by atoms with Gasteiger partial charge in [0.05, 0.1) is 6.10 Å². The molecule has 110 valence electrons. The van der Waals surface area contributed by atoms with Gasteiger partial charge >= 0.3 is 0 Å². The molecule has 1 aliphatic carbocycles. The second kappa shape index (κ2) is 6.68. The van der Waals surface area contributed by atoms with Crippen LogP contribution in [0.4, 0.5) is 0 Å². The van der Waals surface area contributed by atoms with E-state index in [0.29, 0.717) is 6.04 Å². The average Bonchev–Trinajstić information content (AvgIpc) is 2.88. The molecular formula is C17H26N2O. The molecule has 0 spiro atoms. The van der Waals surface area contributed by atoms with Gasteiger partial charge in [0, 0.05) is 31.5 Å². The Morgan fingerprint density at radius 2 is 1.90 bits per heavy atom. The van der Waals surface area contributed by atoms with Gasteiger partial charge in [-0.15, -0.1) is 0 Å². The number of aliphatic hydroxyl groups is 1. The van der Waals surface area contributed by atoms with Gasteiger partial charge in [0.25, 0.3) is 0 Å². The highest BCUT2D eigenvalue weighted by Gasteiger charge is 2.36. The van der Waals surface area contributed by atoms with Crippen molar-refractivity contribution in [1.82, 2.24) is 9.88 Å². The third-order valence-electron chi connectivity index (χ3n) is 5.06. The molecule has 2 atom stereocenters. The standard InChI is InChI=1S/C17H26N2O/c20-16-12-17(15-4-2-1-3-5-15)19(13-16)11-8-14-6-9-18-10-7-14/h6-7,9-10,15-17,20H,1-5,8,11-13H2/t16-,17+/m0/s1. The first-order valence-electron chi connectivity index (χ1n) is 8.14. The number of rotatable bonds is 4. The van der Waals surface area contributed by atoms with Gasteiger partial charge in [-0.05, 0) is 49.3 Å². The largest absolute Gasteiger partial charge is 0.392 e. The van der Waals surface area contributed by atoms with Crippen molar-refractivity contribution < 1.29 is 5.11 Å². The van der Waals surface area contributed by atoms with Crippen molar-refractivity contribution in [2.75, 3.05) is 13.1 Å². The molecule has 1 saturated carbocycles. The molecule has 3 heteroatoms. The van der Waals surface area contributed by atoms with E-state index in [-0.39, 0.29) is 6.10 Å². The minimum Gasteiger partial charge on any atom is -0.392 e. The van der Waals surface area contributed by atoms with Crippen molar-refractivity contribution in [2.45, 2.75) is 57.1 Å². The number of hydrogen-bond donors (Lipinski definition) is 1. The van der Waals surface area contributed by atoms with Crippen LogP contribution in [0.15, 0.2) is 24.5 Å². The third kappa shape index (κ3) is 3.39. The van der Waals surface area contributed by atoms with E-state index in [4.69, 9.17) is 0 Å². The summed E-state index contributed by atoms with van der Waals surface area (Å²) in [7, 11) is 0. The van der Waals surface area contributed by atoms with Crippen molar-refractivity contribution in [3.8, 4) is 0 Å². The molecule has 0 unspecified atom stereocenters. The lowest BCUT2D eigenvalue weighted by Crippen LogP contribution is -2.37. The fraction of sp³-hybridized carbons (Fsp3) is 0.706. The predicted octanol–water partition coefficient (Wildman–Crippen LogP) is 2.64. The lowest BCUT2D eigenvalue weighted by molar-refractivity contribution is 0.155. The van der Waals surface area contributed by atoms with Crippen LogP contribution in [0.25, 0.3) is 0 Å². The number of β-amino-alcohol motifs (C(OH)–C–C–N with tert-alkyl or cyclic N) is 1. The Balaban J connectivity index is 1.58. The molecule has 1 N–H and O–H groups in total. The van der Waals surface area contributed by atoms with Gasteiger partial charge in [-0.25, -0.2) is 0 Å². The molecule has 0 aromatic carbocycles. The van der Waals surface area contributed by atoms with Crippen LogP contribution in [-0.2, 0) is 6.42 Å². The molecule has 3 nitrogen and oxygen atoms in total. The first kappa shape index (κ1) is 14.0. The molecule has 0 radical (unpaired) electrons.